The minimum absolute atomic E-state index is 0.0418. The second-order valence-electron chi connectivity index (χ2n) is 6.46. The molecular weight excluding hydrogens is 394 g/mol. The Balaban J connectivity index is 1.68. The number of H-pyrrole nitrogens is 1. The number of carbonyl (C=O) groups is 1. The number of hydrogen-bond acceptors (Lipinski definition) is 5. The van der Waals surface area contributed by atoms with Crippen molar-refractivity contribution >= 4 is 26.8 Å². The third-order valence-corrected chi connectivity index (χ3v) is 6.19. The number of amides is 1. The lowest BCUT2D eigenvalue weighted by Crippen LogP contribution is -2.38. The van der Waals surface area contributed by atoms with Crippen LogP contribution in [0.3, 0.4) is 0 Å². The lowest BCUT2D eigenvalue weighted by atomic mass is 10.2. The molecule has 0 spiro atoms. The average molecular weight is 415 g/mol. The fraction of sp³-hybridized carbons (Fsp3) is 0.200. The molecule has 1 aromatic heterocycles. The van der Waals surface area contributed by atoms with Crippen LogP contribution in [-0.2, 0) is 21.4 Å². The van der Waals surface area contributed by atoms with Gasteiger partial charge in [0.2, 0.25) is 21.5 Å². The SMILES string of the molecule is COc1cccc(CNC(=O)CN(C)S(=O)(=O)c2ccc3[nH]c(=O)ccc3c2)c1. The van der Waals surface area contributed by atoms with Gasteiger partial charge in [-0.25, -0.2) is 8.42 Å². The summed E-state index contributed by atoms with van der Waals surface area (Å²) in [7, 11) is -0.967. The summed E-state index contributed by atoms with van der Waals surface area (Å²) in [5, 5.41) is 3.29. The molecule has 8 nitrogen and oxygen atoms in total. The third kappa shape index (κ3) is 4.82. The second-order valence-corrected chi connectivity index (χ2v) is 8.51. The Bertz CT molecular complexity index is 1200. The highest BCUT2D eigenvalue weighted by Gasteiger charge is 2.23. The first-order valence-electron chi connectivity index (χ1n) is 8.78. The number of sulfonamides is 1. The quantitative estimate of drug-likeness (QED) is 0.608. The van der Waals surface area contributed by atoms with Crippen molar-refractivity contribution in [3.05, 3.63) is 70.5 Å². The van der Waals surface area contributed by atoms with Crippen molar-refractivity contribution in [2.24, 2.45) is 0 Å². The number of aromatic nitrogens is 1. The van der Waals surface area contributed by atoms with Crippen molar-refractivity contribution in [3.63, 3.8) is 0 Å². The fourth-order valence-corrected chi connectivity index (χ4v) is 3.96. The molecule has 0 saturated carbocycles. The first kappa shape index (κ1) is 20.6. The van der Waals surface area contributed by atoms with Gasteiger partial charge in [-0.3, -0.25) is 9.59 Å². The number of hydrogen-bond donors (Lipinski definition) is 2. The van der Waals surface area contributed by atoms with Crippen LogP contribution in [0.5, 0.6) is 5.75 Å². The summed E-state index contributed by atoms with van der Waals surface area (Å²) < 4.78 is 31.7. The van der Waals surface area contributed by atoms with Gasteiger partial charge in [0.15, 0.2) is 0 Å². The highest BCUT2D eigenvalue weighted by Crippen LogP contribution is 2.19. The zero-order valence-electron chi connectivity index (χ0n) is 16.0. The fourth-order valence-electron chi connectivity index (χ4n) is 2.80. The Labute approximate surface area is 168 Å². The van der Waals surface area contributed by atoms with Gasteiger partial charge >= 0.3 is 0 Å². The Morgan fingerprint density at radius 3 is 2.69 bits per heavy atom. The Hall–Kier alpha value is -3.17. The number of nitrogens with zero attached hydrogens (tertiary/aromatic N) is 1. The van der Waals surface area contributed by atoms with Crippen molar-refractivity contribution in [3.8, 4) is 5.75 Å². The summed E-state index contributed by atoms with van der Waals surface area (Å²) in [6.07, 6.45) is 0. The zero-order valence-corrected chi connectivity index (χ0v) is 16.8. The molecule has 2 aromatic carbocycles. The molecule has 0 aliphatic heterocycles. The summed E-state index contributed by atoms with van der Waals surface area (Å²) in [5.41, 5.74) is 1.11. The van der Waals surface area contributed by atoms with E-state index in [2.05, 4.69) is 10.3 Å². The first-order chi connectivity index (χ1) is 13.8. The van der Waals surface area contributed by atoms with E-state index in [1.54, 1.807) is 25.3 Å². The monoisotopic (exact) mass is 415 g/mol. The lowest BCUT2D eigenvalue weighted by molar-refractivity contribution is -0.121. The van der Waals surface area contributed by atoms with E-state index in [1.165, 1.54) is 31.3 Å². The number of pyridine rings is 1. The molecule has 1 heterocycles. The molecule has 29 heavy (non-hydrogen) atoms. The van der Waals surface area contributed by atoms with Gasteiger partial charge in [-0.1, -0.05) is 12.1 Å². The minimum atomic E-state index is -3.87. The van der Waals surface area contributed by atoms with E-state index >= 15 is 0 Å². The van der Waals surface area contributed by atoms with Crippen molar-refractivity contribution in [2.45, 2.75) is 11.4 Å². The summed E-state index contributed by atoms with van der Waals surface area (Å²) in [6, 6.07) is 14.5. The molecule has 152 valence electrons. The standard InChI is InChI=1S/C20H21N3O5S/c1-23(13-20(25)21-12-14-4-3-5-16(10-14)28-2)29(26,27)17-7-8-18-15(11-17)6-9-19(24)22-18/h3-11H,12-13H2,1-2H3,(H,21,25)(H,22,24). The molecule has 0 aliphatic rings. The molecule has 3 rings (SSSR count). The van der Waals surface area contributed by atoms with Crippen LogP contribution in [0.4, 0.5) is 0 Å². The highest BCUT2D eigenvalue weighted by atomic mass is 32.2. The van der Waals surface area contributed by atoms with Crippen LogP contribution in [0.1, 0.15) is 5.56 Å². The minimum Gasteiger partial charge on any atom is -0.497 e. The summed E-state index contributed by atoms with van der Waals surface area (Å²) >= 11 is 0. The molecule has 0 aliphatic carbocycles. The van der Waals surface area contributed by atoms with Gasteiger partial charge in [0.1, 0.15) is 5.75 Å². The number of rotatable bonds is 7. The first-order valence-corrected chi connectivity index (χ1v) is 10.2. The third-order valence-electron chi connectivity index (χ3n) is 4.39. The van der Waals surface area contributed by atoms with E-state index in [-0.39, 0.29) is 23.5 Å². The molecule has 0 atom stereocenters. The number of methoxy groups -OCH3 is 1. The number of fused-ring (bicyclic) bond motifs is 1. The normalized spacial score (nSPS) is 11.6. The van der Waals surface area contributed by atoms with E-state index < -0.39 is 15.9 Å². The lowest BCUT2D eigenvalue weighted by Gasteiger charge is -2.17. The van der Waals surface area contributed by atoms with Gasteiger partial charge in [0.05, 0.1) is 18.6 Å². The molecule has 0 radical (unpaired) electrons. The molecule has 0 saturated heterocycles. The van der Waals surface area contributed by atoms with Crippen molar-refractivity contribution in [1.29, 1.82) is 0 Å². The molecule has 0 unspecified atom stereocenters. The number of nitrogens with one attached hydrogen (secondary N) is 2. The van der Waals surface area contributed by atoms with E-state index in [9.17, 15) is 18.0 Å². The van der Waals surface area contributed by atoms with E-state index in [0.29, 0.717) is 16.7 Å². The van der Waals surface area contributed by atoms with Gasteiger partial charge < -0.3 is 15.0 Å². The molecule has 2 N–H and O–H groups in total. The highest BCUT2D eigenvalue weighted by molar-refractivity contribution is 7.89. The Morgan fingerprint density at radius 1 is 1.14 bits per heavy atom. The average Bonchev–Trinajstić information content (AvgIpc) is 2.71. The maximum atomic E-state index is 12.8. The number of ether oxygens (including phenoxy) is 1. The van der Waals surface area contributed by atoms with Gasteiger partial charge in [-0.05, 0) is 47.3 Å². The molecule has 1 amide bonds. The number of carbonyl (C=O) groups excluding carboxylic acids is 1. The topological polar surface area (TPSA) is 109 Å². The molecular formula is C20H21N3O5S. The second kappa shape index (κ2) is 8.46. The van der Waals surface area contributed by atoms with Crippen LogP contribution in [0.25, 0.3) is 10.9 Å². The summed E-state index contributed by atoms with van der Waals surface area (Å²) in [6.45, 7) is -0.0662. The largest absolute Gasteiger partial charge is 0.497 e. The number of likely N-dealkylation sites (N-methyl/N-ethyl adjacent to an activating group) is 1. The molecule has 0 bridgehead atoms. The predicted octanol–water partition coefficient (Wildman–Crippen LogP) is 1.47. The van der Waals surface area contributed by atoms with Crippen LogP contribution < -0.4 is 15.6 Å². The van der Waals surface area contributed by atoms with Gasteiger partial charge in [0, 0.05) is 25.2 Å². The number of benzene rings is 2. The Kier molecular flexibility index (Phi) is 6.00. The number of aromatic amines is 1. The summed E-state index contributed by atoms with van der Waals surface area (Å²) in [5.74, 6) is 0.248. The maximum absolute atomic E-state index is 12.8. The van der Waals surface area contributed by atoms with E-state index in [0.717, 1.165) is 9.87 Å². The zero-order chi connectivity index (χ0) is 21.0. The van der Waals surface area contributed by atoms with E-state index in [1.807, 2.05) is 12.1 Å². The molecule has 9 heteroatoms. The van der Waals surface area contributed by atoms with Crippen molar-refractivity contribution < 1.29 is 17.9 Å². The van der Waals surface area contributed by atoms with Crippen LogP contribution in [0.15, 0.2) is 64.3 Å². The van der Waals surface area contributed by atoms with Crippen LogP contribution in [0, 0.1) is 0 Å². The summed E-state index contributed by atoms with van der Waals surface area (Å²) in [4.78, 5) is 26.3. The van der Waals surface area contributed by atoms with Gasteiger partial charge in [-0.15, -0.1) is 0 Å². The Morgan fingerprint density at radius 2 is 1.93 bits per heavy atom. The van der Waals surface area contributed by atoms with Crippen LogP contribution >= 0.6 is 0 Å². The van der Waals surface area contributed by atoms with Gasteiger partial charge in [0.25, 0.3) is 0 Å². The van der Waals surface area contributed by atoms with E-state index in [4.69, 9.17) is 4.74 Å². The van der Waals surface area contributed by atoms with Crippen LogP contribution in [-0.4, -0.2) is 44.3 Å². The van der Waals surface area contributed by atoms with Crippen LogP contribution in [0.2, 0.25) is 0 Å². The van der Waals surface area contributed by atoms with Crippen molar-refractivity contribution in [1.82, 2.24) is 14.6 Å². The smallest absolute Gasteiger partial charge is 0.248 e. The maximum Gasteiger partial charge on any atom is 0.248 e. The van der Waals surface area contributed by atoms with Crippen molar-refractivity contribution in [2.75, 3.05) is 20.7 Å². The predicted molar refractivity (Wildman–Crippen MR) is 109 cm³/mol. The molecule has 3 aromatic rings. The van der Waals surface area contributed by atoms with Gasteiger partial charge in [-0.2, -0.15) is 4.31 Å². The molecule has 0 fully saturated rings.